The van der Waals surface area contributed by atoms with Gasteiger partial charge in [0.2, 0.25) is 0 Å². The third-order valence-corrected chi connectivity index (χ3v) is 1.82. The molecular formula is C4H8N2O3S. The lowest BCUT2D eigenvalue weighted by Crippen LogP contribution is -2.40. The average molecular weight is 164 g/mol. The van der Waals surface area contributed by atoms with Crippen molar-refractivity contribution in [3.8, 4) is 0 Å². The Bertz CT molecular complexity index is 233. The highest BCUT2D eigenvalue weighted by molar-refractivity contribution is 7.83. The number of hydrazine groups is 1. The first-order valence-corrected chi connectivity index (χ1v) is 4.17. The van der Waals surface area contributed by atoms with Crippen molar-refractivity contribution in [2.24, 2.45) is 0 Å². The van der Waals surface area contributed by atoms with Gasteiger partial charge in [-0.1, -0.05) is 6.08 Å². The Hall–Kier alpha value is -0.590. The second-order valence-electron chi connectivity index (χ2n) is 1.86. The summed E-state index contributed by atoms with van der Waals surface area (Å²) in [6, 6.07) is 0. The van der Waals surface area contributed by atoms with E-state index >= 15 is 0 Å². The molecule has 0 spiro atoms. The van der Waals surface area contributed by atoms with Crippen molar-refractivity contribution in [2.75, 3.05) is 6.54 Å². The number of nitrogens with one attached hydrogen (secondary N) is 1. The number of hydrogen-bond donors (Lipinski definition) is 2. The minimum atomic E-state index is -4.09. The van der Waals surface area contributed by atoms with Crippen molar-refractivity contribution in [3.63, 3.8) is 0 Å². The molecule has 2 N–H and O–H groups in total. The molecule has 0 saturated heterocycles. The Morgan fingerprint density at radius 2 is 2.30 bits per heavy atom. The summed E-state index contributed by atoms with van der Waals surface area (Å²) in [5, 5.41) is 0. The molecule has 0 aromatic rings. The Kier molecular flexibility index (Phi) is 1.93. The summed E-state index contributed by atoms with van der Waals surface area (Å²) in [5.74, 6) is 0. The van der Waals surface area contributed by atoms with E-state index in [-0.39, 0.29) is 0 Å². The van der Waals surface area contributed by atoms with Crippen molar-refractivity contribution in [3.05, 3.63) is 12.3 Å². The molecule has 1 aliphatic rings. The fraction of sp³-hybridized carbons (Fsp3) is 0.500. The molecule has 0 radical (unpaired) electrons. The first kappa shape index (κ1) is 7.52. The zero-order valence-corrected chi connectivity index (χ0v) is 6.00. The van der Waals surface area contributed by atoms with Crippen molar-refractivity contribution in [2.45, 2.75) is 6.42 Å². The van der Waals surface area contributed by atoms with E-state index in [1.807, 2.05) is 0 Å². The van der Waals surface area contributed by atoms with Crippen LogP contribution < -0.4 is 5.43 Å². The van der Waals surface area contributed by atoms with Crippen LogP contribution in [0.1, 0.15) is 6.42 Å². The van der Waals surface area contributed by atoms with E-state index < -0.39 is 10.3 Å². The molecule has 0 aromatic carbocycles. The van der Waals surface area contributed by atoms with Gasteiger partial charge < -0.3 is 0 Å². The van der Waals surface area contributed by atoms with Crippen LogP contribution in [-0.4, -0.2) is 23.9 Å². The molecule has 6 heteroatoms. The van der Waals surface area contributed by atoms with Gasteiger partial charge in [-0.2, -0.15) is 12.8 Å². The molecule has 1 rings (SSSR count). The maximum absolute atomic E-state index is 10.4. The molecule has 0 bridgehead atoms. The predicted octanol–water partition coefficient (Wildman–Crippen LogP) is -0.487. The Labute approximate surface area is 59.2 Å². The lowest BCUT2D eigenvalue weighted by Gasteiger charge is -2.19. The molecule has 1 aliphatic heterocycles. The quantitative estimate of drug-likeness (QED) is 0.513. The third kappa shape index (κ3) is 1.69. The second kappa shape index (κ2) is 2.57. The fourth-order valence-electron chi connectivity index (χ4n) is 0.640. The van der Waals surface area contributed by atoms with Gasteiger partial charge in [0.05, 0.1) is 0 Å². The Morgan fingerprint density at radius 3 is 2.60 bits per heavy atom. The Balaban J connectivity index is 2.74. The van der Waals surface area contributed by atoms with Crippen LogP contribution in [0, 0.1) is 0 Å². The van der Waals surface area contributed by atoms with Crippen LogP contribution >= 0.6 is 0 Å². The van der Waals surface area contributed by atoms with E-state index in [4.69, 9.17) is 4.55 Å². The monoisotopic (exact) mass is 164 g/mol. The van der Waals surface area contributed by atoms with Crippen LogP contribution in [-0.2, 0) is 10.3 Å². The van der Waals surface area contributed by atoms with Gasteiger partial charge >= 0.3 is 10.3 Å². The molecule has 58 valence electrons. The van der Waals surface area contributed by atoms with Gasteiger partial charge in [0, 0.05) is 12.7 Å². The summed E-state index contributed by atoms with van der Waals surface area (Å²) in [6.45, 7) is 0.524. The smallest absolute Gasteiger partial charge is 0.268 e. The summed E-state index contributed by atoms with van der Waals surface area (Å²) < 4.78 is 29.8. The molecule has 10 heavy (non-hydrogen) atoms. The van der Waals surface area contributed by atoms with E-state index in [9.17, 15) is 8.42 Å². The maximum Gasteiger partial charge on any atom is 0.373 e. The van der Waals surface area contributed by atoms with E-state index in [1.165, 1.54) is 6.20 Å². The standard InChI is InChI=1S/C4H8N2O3S/c7-10(8,9)6-4-2-1-3-5-6/h2,4-5H,1,3H2,(H,7,8,9). The van der Waals surface area contributed by atoms with Gasteiger partial charge in [0.1, 0.15) is 0 Å². The molecule has 1 heterocycles. The zero-order chi connectivity index (χ0) is 7.61. The van der Waals surface area contributed by atoms with Crippen LogP contribution in [0.5, 0.6) is 0 Å². The van der Waals surface area contributed by atoms with Crippen LogP contribution in [0.3, 0.4) is 0 Å². The summed E-state index contributed by atoms with van der Waals surface area (Å²) >= 11 is 0. The van der Waals surface area contributed by atoms with E-state index in [0.29, 0.717) is 11.0 Å². The van der Waals surface area contributed by atoms with Crippen molar-refractivity contribution >= 4 is 10.3 Å². The van der Waals surface area contributed by atoms with Gasteiger partial charge in [-0.25, -0.2) is 5.43 Å². The molecule has 0 atom stereocenters. The number of rotatable bonds is 1. The van der Waals surface area contributed by atoms with Crippen LogP contribution in [0.2, 0.25) is 0 Å². The second-order valence-corrected chi connectivity index (χ2v) is 3.14. The Morgan fingerprint density at radius 1 is 1.60 bits per heavy atom. The topological polar surface area (TPSA) is 69.6 Å². The first-order chi connectivity index (χ1) is 4.61. The van der Waals surface area contributed by atoms with Crippen molar-refractivity contribution in [1.82, 2.24) is 9.84 Å². The zero-order valence-electron chi connectivity index (χ0n) is 5.19. The van der Waals surface area contributed by atoms with Crippen LogP contribution in [0.25, 0.3) is 0 Å². The molecule has 0 aliphatic carbocycles. The number of nitrogens with zero attached hydrogens (tertiary/aromatic N) is 1. The summed E-state index contributed by atoms with van der Waals surface area (Å²) in [6.07, 6.45) is 3.70. The highest BCUT2D eigenvalue weighted by atomic mass is 32.2. The minimum Gasteiger partial charge on any atom is -0.268 e. The van der Waals surface area contributed by atoms with Gasteiger partial charge in [-0.15, -0.1) is 0 Å². The van der Waals surface area contributed by atoms with Crippen molar-refractivity contribution < 1.29 is 13.0 Å². The van der Waals surface area contributed by atoms with E-state index in [1.54, 1.807) is 6.08 Å². The SMILES string of the molecule is O=S(=O)(O)N1C=CCCN1. The predicted molar refractivity (Wildman–Crippen MR) is 35.1 cm³/mol. The van der Waals surface area contributed by atoms with Crippen molar-refractivity contribution in [1.29, 1.82) is 0 Å². The van der Waals surface area contributed by atoms with Crippen LogP contribution in [0.4, 0.5) is 0 Å². The highest BCUT2D eigenvalue weighted by Crippen LogP contribution is 1.99. The number of hydrogen-bond acceptors (Lipinski definition) is 3. The summed E-state index contributed by atoms with van der Waals surface area (Å²) in [5.41, 5.74) is 2.47. The summed E-state index contributed by atoms with van der Waals surface area (Å²) in [7, 11) is -4.09. The van der Waals surface area contributed by atoms with Gasteiger partial charge in [0.15, 0.2) is 0 Å². The van der Waals surface area contributed by atoms with E-state index in [2.05, 4.69) is 5.43 Å². The fourth-order valence-corrected chi connectivity index (χ4v) is 1.13. The molecule has 0 unspecified atom stereocenters. The molecule has 0 amide bonds. The minimum absolute atomic E-state index is 0.524. The summed E-state index contributed by atoms with van der Waals surface area (Å²) in [4.78, 5) is 0. The lowest BCUT2D eigenvalue weighted by atomic mass is 10.4. The molecule has 0 fully saturated rings. The lowest BCUT2D eigenvalue weighted by molar-refractivity contribution is 0.337. The average Bonchev–Trinajstić information content (AvgIpc) is 1.88. The van der Waals surface area contributed by atoms with Gasteiger partial charge in [-0.05, 0) is 6.42 Å². The first-order valence-electron chi connectivity index (χ1n) is 2.78. The van der Waals surface area contributed by atoms with E-state index in [0.717, 1.165) is 6.42 Å². The molecule has 5 nitrogen and oxygen atoms in total. The molecular weight excluding hydrogens is 156 g/mol. The maximum atomic E-state index is 10.4. The molecule has 0 saturated carbocycles. The highest BCUT2D eigenvalue weighted by Gasteiger charge is 2.14. The largest absolute Gasteiger partial charge is 0.373 e. The van der Waals surface area contributed by atoms with Gasteiger partial charge in [-0.3, -0.25) is 4.55 Å². The normalized spacial score (nSPS) is 19.5. The van der Waals surface area contributed by atoms with Gasteiger partial charge in [0.25, 0.3) is 0 Å². The van der Waals surface area contributed by atoms with Crippen LogP contribution in [0.15, 0.2) is 12.3 Å². The third-order valence-electron chi connectivity index (χ3n) is 1.07. The molecule has 0 aromatic heterocycles.